The fourth-order valence-corrected chi connectivity index (χ4v) is 1.05. The molecule has 1 aliphatic rings. The molecule has 6 heteroatoms. The average molecular weight is 204 g/mol. The van der Waals surface area contributed by atoms with Crippen LogP contribution in [-0.4, -0.2) is 34.7 Å². The van der Waals surface area contributed by atoms with Crippen LogP contribution in [0.2, 0.25) is 0 Å². The van der Waals surface area contributed by atoms with Crippen LogP contribution in [0.3, 0.4) is 0 Å². The molecule has 14 heavy (non-hydrogen) atoms. The van der Waals surface area contributed by atoms with Crippen LogP contribution in [0.1, 0.15) is 25.7 Å². The second-order valence-electron chi connectivity index (χ2n) is 3.09. The van der Waals surface area contributed by atoms with Crippen LogP contribution in [0.5, 0.6) is 0 Å². The van der Waals surface area contributed by atoms with Crippen LogP contribution < -0.4 is 0 Å². The predicted octanol–water partition coefficient (Wildman–Crippen LogP) is -0.715. The van der Waals surface area contributed by atoms with E-state index in [0.717, 1.165) is 0 Å². The number of hydrogen-bond acceptors (Lipinski definition) is 6. The second kappa shape index (κ2) is 4.39. The standard InChI is InChI=1S/C8H12O6/c9-6-3-1-2-4-7(10)14-8(11,12)5-13-6/h11-12H,1-5H2. The molecule has 0 saturated carbocycles. The largest absolute Gasteiger partial charge is 0.456 e. The maximum atomic E-state index is 10.9. The van der Waals surface area contributed by atoms with Crippen LogP contribution in [0.15, 0.2) is 0 Å². The Hall–Kier alpha value is -1.14. The lowest BCUT2D eigenvalue weighted by molar-refractivity contribution is -0.334. The molecule has 80 valence electrons. The number of ether oxygens (including phenoxy) is 2. The smallest absolute Gasteiger partial charge is 0.360 e. The molecule has 0 atom stereocenters. The molecule has 0 bridgehead atoms. The van der Waals surface area contributed by atoms with E-state index < -0.39 is 24.5 Å². The monoisotopic (exact) mass is 204 g/mol. The molecule has 1 fully saturated rings. The first-order valence-electron chi connectivity index (χ1n) is 4.32. The van der Waals surface area contributed by atoms with E-state index in [1.54, 1.807) is 0 Å². The molecular formula is C8H12O6. The van der Waals surface area contributed by atoms with Crippen molar-refractivity contribution in [3.05, 3.63) is 0 Å². The summed E-state index contributed by atoms with van der Waals surface area (Å²) in [4.78, 5) is 21.8. The van der Waals surface area contributed by atoms with Crippen molar-refractivity contribution in [2.45, 2.75) is 31.7 Å². The Kier molecular flexibility index (Phi) is 3.43. The number of rotatable bonds is 0. The Morgan fingerprint density at radius 1 is 1.07 bits per heavy atom. The molecule has 1 rings (SSSR count). The lowest BCUT2D eigenvalue weighted by Gasteiger charge is -2.21. The van der Waals surface area contributed by atoms with Crippen LogP contribution in [0, 0.1) is 0 Å². The molecule has 0 aromatic carbocycles. The van der Waals surface area contributed by atoms with Gasteiger partial charge in [0, 0.05) is 12.8 Å². The first kappa shape index (κ1) is 10.9. The molecule has 0 aromatic heterocycles. The molecule has 1 heterocycles. The molecule has 0 radical (unpaired) electrons. The third-order valence-electron chi connectivity index (χ3n) is 1.71. The summed E-state index contributed by atoms with van der Waals surface area (Å²) in [5.41, 5.74) is 0. The summed E-state index contributed by atoms with van der Waals surface area (Å²) >= 11 is 0. The van der Waals surface area contributed by atoms with Crippen LogP contribution >= 0.6 is 0 Å². The van der Waals surface area contributed by atoms with Crippen molar-refractivity contribution in [2.24, 2.45) is 0 Å². The summed E-state index contributed by atoms with van der Waals surface area (Å²) < 4.78 is 8.72. The Bertz CT molecular complexity index is 234. The van der Waals surface area contributed by atoms with Gasteiger partial charge in [0.05, 0.1) is 0 Å². The minimum Gasteiger partial charge on any atom is -0.456 e. The Balaban J connectivity index is 2.56. The molecule has 0 aromatic rings. The molecule has 1 saturated heterocycles. The minimum absolute atomic E-state index is 0.0656. The maximum absolute atomic E-state index is 10.9. The topological polar surface area (TPSA) is 93.1 Å². The number of aliphatic hydroxyl groups is 2. The highest BCUT2D eigenvalue weighted by molar-refractivity contribution is 5.71. The van der Waals surface area contributed by atoms with Crippen molar-refractivity contribution in [1.29, 1.82) is 0 Å². The Morgan fingerprint density at radius 3 is 2.29 bits per heavy atom. The zero-order valence-corrected chi connectivity index (χ0v) is 7.56. The number of carbonyl (C=O) groups excluding carboxylic acids is 2. The van der Waals surface area contributed by atoms with Crippen molar-refractivity contribution >= 4 is 11.9 Å². The van der Waals surface area contributed by atoms with Gasteiger partial charge >= 0.3 is 17.9 Å². The van der Waals surface area contributed by atoms with Crippen LogP contribution in [-0.2, 0) is 19.1 Å². The normalized spacial score (nSPS) is 23.6. The van der Waals surface area contributed by atoms with E-state index in [9.17, 15) is 9.59 Å². The summed E-state index contributed by atoms with van der Waals surface area (Å²) in [6.45, 7) is -0.752. The number of esters is 2. The van der Waals surface area contributed by atoms with Crippen LogP contribution in [0.25, 0.3) is 0 Å². The van der Waals surface area contributed by atoms with E-state index in [2.05, 4.69) is 9.47 Å². The van der Waals surface area contributed by atoms with E-state index in [1.807, 2.05) is 0 Å². The van der Waals surface area contributed by atoms with E-state index in [1.165, 1.54) is 0 Å². The maximum Gasteiger partial charge on any atom is 0.360 e. The molecule has 0 spiro atoms. The van der Waals surface area contributed by atoms with Gasteiger partial charge in [0.1, 0.15) is 0 Å². The van der Waals surface area contributed by atoms with Gasteiger partial charge in [0.25, 0.3) is 0 Å². The van der Waals surface area contributed by atoms with Crippen LogP contribution in [0.4, 0.5) is 0 Å². The molecule has 1 aliphatic heterocycles. The van der Waals surface area contributed by atoms with Crippen molar-refractivity contribution in [3.63, 3.8) is 0 Å². The summed E-state index contributed by atoms with van der Waals surface area (Å²) in [6, 6.07) is 0. The number of cyclic esters (lactones) is 2. The van der Waals surface area contributed by atoms with Crippen molar-refractivity contribution in [1.82, 2.24) is 0 Å². The fraction of sp³-hybridized carbons (Fsp3) is 0.750. The lowest BCUT2D eigenvalue weighted by atomic mass is 10.2. The van der Waals surface area contributed by atoms with Gasteiger partial charge in [0.2, 0.25) is 0 Å². The highest BCUT2D eigenvalue weighted by Gasteiger charge is 2.31. The first-order valence-corrected chi connectivity index (χ1v) is 4.32. The summed E-state index contributed by atoms with van der Waals surface area (Å²) in [7, 11) is 0. The van der Waals surface area contributed by atoms with Gasteiger partial charge in [-0.1, -0.05) is 0 Å². The Labute approximate surface area is 80.4 Å². The minimum atomic E-state index is -2.70. The summed E-state index contributed by atoms with van der Waals surface area (Å²) in [5, 5.41) is 18.0. The van der Waals surface area contributed by atoms with E-state index in [0.29, 0.717) is 12.8 Å². The van der Waals surface area contributed by atoms with E-state index in [-0.39, 0.29) is 12.8 Å². The first-order chi connectivity index (χ1) is 6.49. The molecule has 6 nitrogen and oxygen atoms in total. The van der Waals surface area contributed by atoms with Gasteiger partial charge in [-0.25, -0.2) is 0 Å². The van der Waals surface area contributed by atoms with E-state index >= 15 is 0 Å². The van der Waals surface area contributed by atoms with Crippen molar-refractivity contribution < 1.29 is 29.3 Å². The van der Waals surface area contributed by atoms with E-state index in [4.69, 9.17) is 10.2 Å². The van der Waals surface area contributed by atoms with Gasteiger partial charge in [-0.2, -0.15) is 0 Å². The highest BCUT2D eigenvalue weighted by atomic mass is 16.8. The summed E-state index contributed by atoms with van der Waals surface area (Å²) in [6.07, 6.45) is 1.22. The third kappa shape index (κ3) is 3.71. The van der Waals surface area contributed by atoms with Crippen molar-refractivity contribution in [2.75, 3.05) is 6.61 Å². The zero-order valence-electron chi connectivity index (χ0n) is 7.56. The van der Waals surface area contributed by atoms with Gasteiger partial charge in [-0.15, -0.1) is 0 Å². The highest BCUT2D eigenvalue weighted by Crippen LogP contribution is 2.11. The second-order valence-corrected chi connectivity index (χ2v) is 3.09. The summed E-state index contributed by atoms with van der Waals surface area (Å²) in [5.74, 6) is -3.95. The number of carbonyl (C=O) groups is 2. The molecular weight excluding hydrogens is 192 g/mol. The van der Waals surface area contributed by atoms with Gasteiger partial charge in [0.15, 0.2) is 6.61 Å². The third-order valence-corrected chi connectivity index (χ3v) is 1.71. The molecule has 0 unspecified atom stereocenters. The fourth-order valence-electron chi connectivity index (χ4n) is 1.05. The predicted molar refractivity (Wildman–Crippen MR) is 42.7 cm³/mol. The molecule has 0 aliphatic carbocycles. The zero-order chi connectivity index (χ0) is 10.6. The molecule has 2 N–H and O–H groups in total. The van der Waals surface area contributed by atoms with Gasteiger partial charge < -0.3 is 19.7 Å². The van der Waals surface area contributed by atoms with Gasteiger partial charge in [-0.05, 0) is 12.8 Å². The SMILES string of the molecule is O=C1CCCCC(=O)OC(O)(O)CO1. The Morgan fingerprint density at radius 2 is 1.64 bits per heavy atom. The van der Waals surface area contributed by atoms with Crippen molar-refractivity contribution in [3.8, 4) is 0 Å². The quantitative estimate of drug-likeness (QED) is 0.399. The average Bonchev–Trinajstić information content (AvgIpc) is 2.08. The van der Waals surface area contributed by atoms with Gasteiger partial charge in [-0.3, -0.25) is 9.59 Å². The molecule has 0 amide bonds. The number of hydrogen-bond donors (Lipinski definition) is 2. The lowest BCUT2D eigenvalue weighted by Crippen LogP contribution is -2.40.